The first-order chi connectivity index (χ1) is 17.2. The molecule has 0 bridgehead atoms. The number of nitrogens with one attached hydrogen (secondary N) is 3. The first kappa shape index (κ1) is 25.5. The maximum Gasteiger partial charge on any atom is 0.319 e. The molecule has 186 valence electrons. The number of fused-ring (bicyclic) bond motifs is 1. The van der Waals surface area contributed by atoms with Gasteiger partial charge in [0.1, 0.15) is 6.04 Å². The maximum atomic E-state index is 13.1. The zero-order valence-corrected chi connectivity index (χ0v) is 21.5. The SMILES string of the molecule is CC(C)(C)NC(=O)Nc1ccc(C2=NC(CCCc3ccccc3)C(=O)Nc3ccc(Cl)cc32)cc1. The van der Waals surface area contributed by atoms with E-state index in [1.807, 2.05) is 75.4 Å². The van der Waals surface area contributed by atoms with Crippen LogP contribution in [0.3, 0.4) is 0 Å². The Bertz CT molecular complexity index is 1260. The molecule has 7 heteroatoms. The van der Waals surface area contributed by atoms with Gasteiger partial charge < -0.3 is 16.0 Å². The normalized spacial score (nSPS) is 15.3. The van der Waals surface area contributed by atoms with Gasteiger partial charge in [-0.05, 0) is 75.9 Å². The maximum absolute atomic E-state index is 13.1. The molecule has 1 atom stereocenters. The third-order valence-corrected chi connectivity index (χ3v) is 6.01. The number of amides is 3. The molecule has 3 amide bonds. The van der Waals surface area contributed by atoms with Crippen molar-refractivity contribution in [3.05, 3.63) is 94.5 Å². The molecule has 6 nitrogen and oxygen atoms in total. The molecule has 1 aliphatic heterocycles. The smallest absolute Gasteiger partial charge is 0.319 e. The Balaban J connectivity index is 1.58. The summed E-state index contributed by atoms with van der Waals surface area (Å²) in [6.07, 6.45) is 2.34. The summed E-state index contributed by atoms with van der Waals surface area (Å²) in [6, 6.07) is 22.3. The number of benzodiazepines with no additional fused rings is 1. The van der Waals surface area contributed by atoms with Crippen molar-refractivity contribution in [3.8, 4) is 0 Å². The van der Waals surface area contributed by atoms with Gasteiger partial charge >= 0.3 is 6.03 Å². The Labute approximate surface area is 217 Å². The van der Waals surface area contributed by atoms with E-state index >= 15 is 0 Å². The topological polar surface area (TPSA) is 82.6 Å². The quantitative estimate of drug-likeness (QED) is 0.362. The summed E-state index contributed by atoms with van der Waals surface area (Å²) >= 11 is 6.32. The number of aliphatic imine (C=N–C) groups is 1. The minimum Gasteiger partial charge on any atom is -0.333 e. The van der Waals surface area contributed by atoms with E-state index in [0.717, 1.165) is 24.0 Å². The number of benzene rings is 3. The lowest BCUT2D eigenvalue weighted by Gasteiger charge is -2.20. The highest BCUT2D eigenvalue weighted by Crippen LogP contribution is 2.29. The number of halogens is 1. The molecule has 4 rings (SSSR count). The Hall–Kier alpha value is -3.64. The fourth-order valence-electron chi connectivity index (χ4n) is 4.11. The van der Waals surface area contributed by atoms with Crippen molar-refractivity contribution in [3.63, 3.8) is 0 Å². The van der Waals surface area contributed by atoms with Gasteiger partial charge in [0, 0.05) is 27.4 Å². The predicted molar refractivity (Wildman–Crippen MR) is 147 cm³/mol. The molecular formula is C29H31ClN4O2. The summed E-state index contributed by atoms with van der Waals surface area (Å²) in [7, 11) is 0. The van der Waals surface area contributed by atoms with Crippen LogP contribution in [0.15, 0.2) is 77.8 Å². The van der Waals surface area contributed by atoms with Crippen LogP contribution in [0.4, 0.5) is 16.2 Å². The first-order valence-electron chi connectivity index (χ1n) is 12.1. The van der Waals surface area contributed by atoms with Gasteiger partial charge in [0.15, 0.2) is 0 Å². The van der Waals surface area contributed by atoms with E-state index in [2.05, 4.69) is 28.1 Å². The standard InChI is InChI=1S/C29H31ClN4O2/c1-29(2,3)34-28(36)31-22-15-12-20(13-16-22)26-23-18-21(30)14-17-24(23)33-27(35)25(32-26)11-7-10-19-8-5-4-6-9-19/h4-6,8-9,12-18,25H,7,10-11H2,1-3H3,(H,33,35)(H2,31,34,36). The van der Waals surface area contributed by atoms with Crippen molar-refractivity contribution in [2.45, 2.75) is 51.6 Å². The van der Waals surface area contributed by atoms with Gasteiger partial charge in [0.2, 0.25) is 5.91 Å². The molecule has 1 aliphatic rings. The highest BCUT2D eigenvalue weighted by atomic mass is 35.5. The molecule has 0 fully saturated rings. The number of hydrogen-bond acceptors (Lipinski definition) is 3. The lowest BCUT2D eigenvalue weighted by molar-refractivity contribution is -0.117. The van der Waals surface area contributed by atoms with Crippen LogP contribution in [0.25, 0.3) is 0 Å². The van der Waals surface area contributed by atoms with Gasteiger partial charge in [-0.25, -0.2) is 4.79 Å². The fraction of sp³-hybridized carbons (Fsp3) is 0.276. The number of aryl methyl sites for hydroxylation is 1. The summed E-state index contributed by atoms with van der Waals surface area (Å²) in [5.74, 6) is -0.126. The van der Waals surface area contributed by atoms with E-state index in [1.54, 1.807) is 6.07 Å². The number of nitrogens with zero attached hydrogens (tertiary/aromatic N) is 1. The molecule has 36 heavy (non-hydrogen) atoms. The zero-order valence-electron chi connectivity index (χ0n) is 20.8. The first-order valence-corrected chi connectivity index (χ1v) is 12.5. The molecular weight excluding hydrogens is 472 g/mol. The van der Waals surface area contributed by atoms with E-state index in [-0.39, 0.29) is 17.5 Å². The summed E-state index contributed by atoms with van der Waals surface area (Å²) in [4.78, 5) is 30.2. The number of anilines is 2. The van der Waals surface area contributed by atoms with Crippen LogP contribution in [0.5, 0.6) is 0 Å². The highest BCUT2D eigenvalue weighted by molar-refractivity contribution is 6.32. The molecule has 0 radical (unpaired) electrons. The van der Waals surface area contributed by atoms with Crippen molar-refractivity contribution in [2.24, 2.45) is 4.99 Å². The van der Waals surface area contributed by atoms with Crippen molar-refractivity contribution in [1.82, 2.24) is 5.32 Å². The van der Waals surface area contributed by atoms with Crippen molar-refractivity contribution < 1.29 is 9.59 Å². The second kappa shape index (κ2) is 11.0. The Morgan fingerprint density at radius 1 is 1.03 bits per heavy atom. The fourth-order valence-corrected chi connectivity index (χ4v) is 4.28. The van der Waals surface area contributed by atoms with E-state index in [4.69, 9.17) is 16.6 Å². The summed E-state index contributed by atoms with van der Waals surface area (Å²) in [6.45, 7) is 5.77. The minimum atomic E-state index is -0.523. The minimum absolute atomic E-state index is 0.126. The third-order valence-electron chi connectivity index (χ3n) is 5.77. The van der Waals surface area contributed by atoms with Gasteiger partial charge in [-0.2, -0.15) is 0 Å². The molecule has 0 spiro atoms. The predicted octanol–water partition coefficient (Wildman–Crippen LogP) is 6.44. The summed E-state index contributed by atoms with van der Waals surface area (Å²) in [5, 5.41) is 9.33. The van der Waals surface area contributed by atoms with Gasteiger partial charge in [-0.3, -0.25) is 9.79 Å². The van der Waals surface area contributed by atoms with Crippen LogP contribution in [-0.4, -0.2) is 29.2 Å². The van der Waals surface area contributed by atoms with Crippen molar-refractivity contribution >= 4 is 40.6 Å². The van der Waals surface area contributed by atoms with Crippen molar-refractivity contribution in [1.29, 1.82) is 0 Å². The molecule has 3 aromatic carbocycles. The van der Waals surface area contributed by atoms with E-state index in [9.17, 15) is 9.59 Å². The van der Waals surface area contributed by atoms with Gasteiger partial charge in [-0.1, -0.05) is 54.1 Å². The van der Waals surface area contributed by atoms with Crippen LogP contribution >= 0.6 is 11.6 Å². The second-order valence-corrected chi connectivity index (χ2v) is 10.4. The monoisotopic (exact) mass is 502 g/mol. The molecule has 0 aromatic heterocycles. The molecule has 3 aromatic rings. The van der Waals surface area contributed by atoms with E-state index < -0.39 is 6.04 Å². The second-order valence-electron chi connectivity index (χ2n) is 9.96. The highest BCUT2D eigenvalue weighted by Gasteiger charge is 2.26. The van der Waals surface area contributed by atoms with Crippen LogP contribution < -0.4 is 16.0 Å². The van der Waals surface area contributed by atoms with Gasteiger partial charge in [0.25, 0.3) is 0 Å². The van der Waals surface area contributed by atoms with Crippen LogP contribution in [0.2, 0.25) is 5.02 Å². The molecule has 1 unspecified atom stereocenters. The summed E-state index contributed by atoms with van der Waals surface area (Å²) in [5.41, 5.74) is 4.55. The molecule has 1 heterocycles. The number of carbonyl (C=O) groups excluding carboxylic acids is 2. The molecule has 0 aliphatic carbocycles. The Morgan fingerprint density at radius 3 is 2.44 bits per heavy atom. The molecule has 0 saturated carbocycles. The van der Waals surface area contributed by atoms with Crippen LogP contribution in [-0.2, 0) is 11.2 Å². The number of rotatable bonds is 6. The third kappa shape index (κ3) is 6.73. The van der Waals surface area contributed by atoms with Crippen LogP contribution in [0.1, 0.15) is 50.3 Å². The largest absolute Gasteiger partial charge is 0.333 e. The number of carbonyl (C=O) groups is 2. The number of urea groups is 1. The lowest BCUT2D eigenvalue weighted by atomic mass is 10.00. The average Bonchev–Trinajstić information content (AvgIpc) is 2.95. The number of hydrogen-bond donors (Lipinski definition) is 3. The van der Waals surface area contributed by atoms with Gasteiger partial charge in [0.05, 0.1) is 11.4 Å². The van der Waals surface area contributed by atoms with Crippen molar-refractivity contribution in [2.75, 3.05) is 10.6 Å². The van der Waals surface area contributed by atoms with E-state index in [0.29, 0.717) is 28.5 Å². The average molecular weight is 503 g/mol. The Morgan fingerprint density at radius 2 is 1.75 bits per heavy atom. The van der Waals surface area contributed by atoms with E-state index in [1.165, 1.54) is 5.56 Å². The van der Waals surface area contributed by atoms with Crippen LogP contribution in [0, 0.1) is 0 Å². The van der Waals surface area contributed by atoms with Gasteiger partial charge in [-0.15, -0.1) is 0 Å². The Kier molecular flexibility index (Phi) is 7.75. The molecule has 0 saturated heterocycles. The molecule has 3 N–H and O–H groups in total. The zero-order chi connectivity index (χ0) is 25.7. The lowest BCUT2D eigenvalue weighted by Crippen LogP contribution is -2.43. The summed E-state index contributed by atoms with van der Waals surface area (Å²) < 4.78 is 0.